The van der Waals surface area contributed by atoms with Gasteiger partial charge in [0.1, 0.15) is 0 Å². The Morgan fingerprint density at radius 2 is 2.00 bits per heavy atom. The minimum Gasteiger partial charge on any atom is -0.494 e. The van der Waals surface area contributed by atoms with Crippen molar-refractivity contribution in [3.8, 4) is 5.88 Å². The van der Waals surface area contributed by atoms with Gasteiger partial charge in [-0.05, 0) is 25.8 Å². The lowest BCUT2D eigenvalue weighted by Gasteiger charge is -1.97. The monoisotopic (exact) mass is 192 g/mol. The maximum Gasteiger partial charge on any atom is 0.355 e. The number of aliphatic imine (C=N–C) groups is 1. The van der Waals surface area contributed by atoms with Gasteiger partial charge in [0.25, 0.3) is 0 Å². The van der Waals surface area contributed by atoms with Gasteiger partial charge in [0, 0.05) is 5.56 Å². The van der Waals surface area contributed by atoms with Gasteiger partial charge in [-0.25, -0.2) is 9.36 Å². The van der Waals surface area contributed by atoms with Crippen LogP contribution in [-0.2, 0) is 0 Å². The topological polar surface area (TPSA) is 54.6 Å². The van der Waals surface area contributed by atoms with Gasteiger partial charge in [0.2, 0.25) is 5.88 Å². The molecule has 1 aromatic heterocycles. The zero-order valence-corrected chi connectivity index (χ0v) is 8.46. The highest BCUT2D eigenvalue weighted by atomic mass is 16.3. The predicted octanol–water partition coefficient (Wildman–Crippen LogP) is 1.99. The Morgan fingerprint density at radius 3 is 2.57 bits per heavy atom. The molecule has 0 saturated carbocycles. The molecule has 0 atom stereocenters. The van der Waals surface area contributed by atoms with Gasteiger partial charge >= 0.3 is 6.03 Å². The number of rotatable bonds is 1. The first-order chi connectivity index (χ1) is 6.57. The number of nitrogens with zero attached hydrogens (tertiary/aromatic N) is 2. The normalized spacial score (nSPS) is 14.5. The standard InChI is InChI=1S/C10H12N2O2/c1-4-7-8-5(2)6(3)9(13)12(8)10(14)11-7/h13H,4H2,1-3H3. The predicted molar refractivity (Wildman–Crippen MR) is 53.2 cm³/mol. The van der Waals surface area contributed by atoms with Gasteiger partial charge in [-0.3, -0.25) is 0 Å². The number of amides is 1. The van der Waals surface area contributed by atoms with Crippen molar-refractivity contribution >= 4 is 11.7 Å². The third-order valence-corrected chi connectivity index (χ3v) is 2.72. The van der Waals surface area contributed by atoms with Crippen molar-refractivity contribution in [2.45, 2.75) is 27.2 Å². The number of aromatic nitrogens is 1. The van der Waals surface area contributed by atoms with Crippen LogP contribution in [0.4, 0.5) is 4.79 Å². The van der Waals surface area contributed by atoms with E-state index in [2.05, 4.69) is 4.99 Å². The Labute approximate surface area is 81.9 Å². The van der Waals surface area contributed by atoms with E-state index < -0.39 is 0 Å². The molecule has 74 valence electrons. The average Bonchev–Trinajstić information content (AvgIpc) is 2.60. The second-order valence-corrected chi connectivity index (χ2v) is 3.45. The van der Waals surface area contributed by atoms with E-state index in [1.54, 1.807) is 6.92 Å². The lowest BCUT2D eigenvalue weighted by Crippen LogP contribution is -2.03. The summed E-state index contributed by atoms with van der Waals surface area (Å²) in [7, 11) is 0. The molecule has 0 bridgehead atoms. The van der Waals surface area contributed by atoms with E-state index >= 15 is 0 Å². The van der Waals surface area contributed by atoms with Crippen molar-refractivity contribution in [3.63, 3.8) is 0 Å². The molecular weight excluding hydrogens is 180 g/mol. The fourth-order valence-electron chi connectivity index (χ4n) is 1.78. The van der Waals surface area contributed by atoms with E-state index in [9.17, 15) is 9.90 Å². The number of hydrogen-bond acceptors (Lipinski definition) is 2. The van der Waals surface area contributed by atoms with E-state index in [1.165, 1.54) is 4.57 Å². The summed E-state index contributed by atoms with van der Waals surface area (Å²) in [5.41, 5.74) is 3.23. The first kappa shape index (κ1) is 8.99. The minimum atomic E-state index is -0.384. The minimum absolute atomic E-state index is 0.0229. The second-order valence-electron chi connectivity index (χ2n) is 3.45. The zero-order valence-electron chi connectivity index (χ0n) is 8.46. The Morgan fingerprint density at radius 1 is 1.36 bits per heavy atom. The van der Waals surface area contributed by atoms with Crippen LogP contribution in [0.5, 0.6) is 5.88 Å². The summed E-state index contributed by atoms with van der Waals surface area (Å²) in [6.07, 6.45) is 0.704. The summed E-state index contributed by atoms with van der Waals surface area (Å²) in [5.74, 6) is 0.0229. The third kappa shape index (κ3) is 0.880. The smallest absolute Gasteiger partial charge is 0.355 e. The fraction of sp³-hybridized carbons (Fsp3) is 0.400. The Kier molecular flexibility index (Phi) is 1.74. The quantitative estimate of drug-likeness (QED) is 0.739. The summed E-state index contributed by atoms with van der Waals surface area (Å²) < 4.78 is 1.28. The summed E-state index contributed by atoms with van der Waals surface area (Å²) in [4.78, 5) is 15.3. The van der Waals surface area contributed by atoms with Crippen LogP contribution in [0.1, 0.15) is 30.2 Å². The molecule has 2 heterocycles. The van der Waals surface area contributed by atoms with Gasteiger partial charge in [0.15, 0.2) is 0 Å². The molecule has 14 heavy (non-hydrogen) atoms. The number of carbonyl (C=O) groups excluding carboxylic acids is 1. The van der Waals surface area contributed by atoms with Crippen LogP contribution in [0.2, 0.25) is 0 Å². The molecule has 0 spiro atoms. The van der Waals surface area contributed by atoms with E-state index in [0.717, 1.165) is 22.5 Å². The molecule has 0 unspecified atom stereocenters. The zero-order chi connectivity index (χ0) is 10.5. The molecular formula is C10H12N2O2. The van der Waals surface area contributed by atoms with Crippen LogP contribution in [0.15, 0.2) is 4.99 Å². The van der Waals surface area contributed by atoms with Crippen molar-refractivity contribution in [3.05, 3.63) is 16.8 Å². The van der Waals surface area contributed by atoms with Gasteiger partial charge in [-0.1, -0.05) is 6.92 Å². The van der Waals surface area contributed by atoms with Crippen LogP contribution in [0, 0.1) is 13.8 Å². The second kappa shape index (κ2) is 2.70. The molecule has 1 amide bonds. The SMILES string of the molecule is CCC1=NC(=O)n2c(O)c(C)c(C)c21. The van der Waals surface area contributed by atoms with Gasteiger partial charge < -0.3 is 5.11 Å². The summed E-state index contributed by atoms with van der Waals surface area (Å²) in [6.45, 7) is 5.64. The number of hydrogen-bond donors (Lipinski definition) is 1. The van der Waals surface area contributed by atoms with Crippen molar-refractivity contribution in [1.29, 1.82) is 0 Å². The number of aromatic hydroxyl groups is 1. The molecule has 1 aliphatic rings. The van der Waals surface area contributed by atoms with E-state index in [4.69, 9.17) is 0 Å². The largest absolute Gasteiger partial charge is 0.494 e. The molecule has 4 nitrogen and oxygen atoms in total. The Bertz CT molecular complexity index is 455. The highest BCUT2D eigenvalue weighted by Gasteiger charge is 2.29. The van der Waals surface area contributed by atoms with Crippen LogP contribution >= 0.6 is 0 Å². The van der Waals surface area contributed by atoms with Crippen LogP contribution in [0.25, 0.3) is 0 Å². The molecule has 0 aliphatic carbocycles. The third-order valence-electron chi connectivity index (χ3n) is 2.72. The first-order valence-corrected chi connectivity index (χ1v) is 4.61. The van der Waals surface area contributed by atoms with Crippen LogP contribution in [0.3, 0.4) is 0 Å². The molecule has 1 aliphatic heterocycles. The average molecular weight is 192 g/mol. The lowest BCUT2D eigenvalue weighted by molar-refractivity contribution is 0.249. The molecule has 0 aromatic carbocycles. The van der Waals surface area contributed by atoms with Gasteiger partial charge in [0.05, 0.1) is 11.4 Å². The molecule has 1 N–H and O–H groups in total. The summed E-state index contributed by atoms with van der Waals surface area (Å²) >= 11 is 0. The maximum atomic E-state index is 11.4. The van der Waals surface area contributed by atoms with Gasteiger partial charge in [-0.15, -0.1) is 0 Å². The van der Waals surface area contributed by atoms with Gasteiger partial charge in [-0.2, -0.15) is 4.99 Å². The highest BCUT2D eigenvalue weighted by Crippen LogP contribution is 2.31. The Balaban J connectivity index is 2.76. The number of fused-ring (bicyclic) bond motifs is 1. The highest BCUT2D eigenvalue weighted by molar-refractivity contribution is 6.13. The molecule has 0 fully saturated rings. The fourth-order valence-corrected chi connectivity index (χ4v) is 1.78. The van der Waals surface area contributed by atoms with Crippen molar-refractivity contribution in [1.82, 2.24) is 4.57 Å². The molecule has 4 heteroatoms. The molecule has 2 rings (SSSR count). The molecule has 0 radical (unpaired) electrons. The first-order valence-electron chi connectivity index (χ1n) is 4.61. The van der Waals surface area contributed by atoms with Crippen molar-refractivity contribution in [2.24, 2.45) is 4.99 Å². The lowest BCUT2D eigenvalue weighted by atomic mass is 10.1. The molecule has 0 saturated heterocycles. The van der Waals surface area contributed by atoms with Crippen LogP contribution in [-0.4, -0.2) is 21.4 Å². The number of carbonyl (C=O) groups is 1. The van der Waals surface area contributed by atoms with Crippen molar-refractivity contribution in [2.75, 3.05) is 0 Å². The summed E-state index contributed by atoms with van der Waals surface area (Å²) in [6, 6.07) is -0.384. The summed E-state index contributed by atoms with van der Waals surface area (Å²) in [5, 5.41) is 9.69. The maximum absolute atomic E-state index is 11.4. The Hall–Kier alpha value is -1.58. The van der Waals surface area contributed by atoms with Crippen molar-refractivity contribution < 1.29 is 9.90 Å². The van der Waals surface area contributed by atoms with E-state index in [1.807, 2.05) is 13.8 Å². The molecule has 1 aromatic rings. The van der Waals surface area contributed by atoms with Crippen LogP contribution < -0.4 is 0 Å². The van der Waals surface area contributed by atoms with E-state index in [0.29, 0.717) is 6.42 Å². The van der Waals surface area contributed by atoms with E-state index in [-0.39, 0.29) is 11.9 Å².